The summed E-state index contributed by atoms with van der Waals surface area (Å²) >= 11 is 0. The molecule has 0 bridgehead atoms. The van der Waals surface area contributed by atoms with E-state index in [2.05, 4.69) is 25.3 Å². The third-order valence-electron chi connectivity index (χ3n) is 5.60. The van der Waals surface area contributed by atoms with E-state index in [-0.39, 0.29) is 28.9 Å². The summed E-state index contributed by atoms with van der Waals surface area (Å²) in [6.07, 6.45) is 6.67. The van der Waals surface area contributed by atoms with Gasteiger partial charge in [-0.25, -0.2) is 13.9 Å². The molecule has 0 saturated carbocycles. The largest absolute Gasteiger partial charge is 0.460 e. The van der Waals surface area contributed by atoms with Gasteiger partial charge in [0.25, 0.3) is 5.91 Å². The molecule has 0 spiro atoms. The number of nitrogens with two attached hydrogens (primary N) is 1. The molecular formula is C23H28FN7O3. The lowest BCUT2D eigenvalue weighted by atomic mass is 9.95. The van der Waals surface area contributed by atoms with Crippen LogP contribution >= 0.6 is 0 Å². The average Bonchev–Trinajstić information content (AvgIpc) is 3.07. The van der Waals surface area contributed by atoms with Gasteiger partial charge >= 0.3 is 5.97 Å². The van der Waals surface area contributed by atoms with Gasteiger partial charge in [-0.2, -0.15) is 0 Å². The molecule has 1 fully saturated rings. The highest BCUT2D eigenvalue weighted by molar-refractivity contribution is 6.12. The Morgan fingerprint density at radius 1 is 1.21 bits per heavy atom. The van der Waals surface area contributed by atoms with Crippen LogP contribution < -0.4 is 16.0 Å². The van der Waals surface area contributed by atoms with Gasteiger partial charge in [-0.3, -0.25) is 14.6 Å². The molecule has 34 heavy (non-hydrogen) atoms. The topological polar surface area (TPSA) is 128 Å². The highest BCUT2D eigenvalue weighted by atomic mass is 19.1. The van der Waals surface area contributed by atoms with E-state index in [1.165, 1.54) is 0 Å². The summed E-state index contributed by atoms with van der Waals surface area (Å²) in [5, 5.41) is 6.84. The number of amides is 1. The van der Waals surface area contributed by atoms with Crippen molar-refractivity contribution < 1.29 is 18.7 Å². The minimum absolute atomic E-state index is 0.0519. The Balaban J connectivity index is 1.54. The quantitative estimate of drug-likeness (QED) is 0.558. The van der Waals surface area contributed by atoms with Gasteiger partial charge in [0.05, 0.1) is 35.9 Å². The number of halogens is 1. The zero-order valence-electron chi connectivity index (χ0n) is 19.6. The van der Waals surface area contributed by atoms with Gasteiger partial charge in [0.15, 0.2) is 17.3 Å². The second-order valence-corrected chi connectivity index (χ2v) is 9.40. The maximum Gasteiger partial charge on any atom is 0.309 e. The van der Waals surface area contributed by atoms with Crippen LogP contribution in [0.25, 0.3) is 5.65 Å². The lowest BCUT2D eigenvalue weighted by Gasteiger charge is -2.35. The first-order valence-electron chi connectivity index (χ1n) is 11.1. The molecule has 3 N–H and O–H groups in total. The molecule has 0 unspecified atom stereocenters. The van der Waals surface area contributed by atoms with Crippen LogP contribution in [0.1, 0.15) is 49.5 Å². The van der Waals surface area contributed by atoms with Gasteiger partial charge in [0, 0.05) is 19.3 Å². The van der Waals surface area contributed by atoms with Crippen molar-refractivity contribution >= 4 is 34.7 Å². The van der Waals surface area contributed by atoms with Crippen molar-refractivity contribution in [2.45, 2.75) is 46.1 Å². The maximum absolute atomic E-state index is 13.5. The second-order valence-electron chi connectivity index (χ2n) is 9.40. The Morgan fingerprint density at radius 2 is 1.91 bits per heavy atom. The Labute approximate surface area is 196 Å². The van der Waals surface area contributed by atoms with Crippen LogP contribution in [0.3, 0.4) is 0 Å². The van der Waals surface area contributed by atoms with Crippen LogP contribution in [0, 0.1) is 18.7 Å². The van der Waals surface area contributed by atoms with Gasteiger partial charge < -0.3 is 20.7 Å². The number of esters is 1. The van der Waals surface area contributed by atoms with Crippen molar-refractivity contribution in [1.82, 2.24) is 19.6 Å². The lowest BCUT2D eigenvalue weighted by Crippen LogP contribution is -2.39. The number of pyridine rings is 1. The number of nitrogen functional groups attached to an aromatic ring is 1. The maximum atomic E-state index is 13.5. The van der Waals surface area contributed by atoms with Gasteiger partial charge in [-0.15, -0.1) is 5.10 Å². The van der Waals surface area contributed by atoms with Crippen molar-refractivity contribution in [2.24, 2.45) is 5.92 Å². The van der Waals surface area contributed by atoms with E-state index in [0.717, 1.165) is 28.2 Å². The van der Waals surface area contributed by atoms with Crippen molar-refractivity contribution in [2.75, 3.05) is 29.0 Å². The summed E-state index contributed by atoms with van der Waals surface area (Å²) in [6, 6.07) is 0. The van der Waals surface area contributed by atoms with Crippen LogP contribution in [0.15, 0.2) is 24.8 Å². The predicted molar refractivity (Wildman–Crippen MR) is 125 cm³/mol. The van der Waals surface area contributed by atoms with Crippen molar-refractivity contribution in [1.29, 1.82) is 0 Å². The summed E-state index contributed by atoms with van der Waals surface area (Å²) in [7, 11) is 0. The van der Waals surface area contributed by atoms with Crippen molar-refractivity contribution in [3.8, 4) is 0 Å². The molecule has 0 aromatic carbocycles. The van der Waals surface area contributed by atoms with Crippen LogP contribution in [-0.2, 0) is 9.53 Å². The first kappa shape index (κ1) is 23.4. The van der Waals surface area contributed by atoms with Crippen molar-refractivity contribution in [3.63, 3.8) is 0 Å². The van der Waals surface area contributed by atoms with E-state index in [1.54, 1.807) is 12.4 Å². The number of carbonyl (C=O) groups is 2. The first-order chi connectivity index (χ1) is 16.0. The van der Waals surface area contributed by atoms with Gasteiger partial charge in [-0.1, -0.05) is 0 Å². The van der Waals surface area contributed by atoms with Crippen LogP contribution in [0.2, 0.25) is 0 Å². The number of hydrogen-bond donors (Lipinski definition) is 2. The summed E-state index contributed by atoms with van der Waals surface area (Å²) in [5.74, 6) is -1.53. The smallest absolute Gasteiger partial charge is 0.309 e. The van der Waals surface area contributed by atoms with E-state index in [4.69, 9.17) is 10.5 Å². The van der Waals surface area contributed by atoms with Crippen LogP contribution in [0.4, 0.5) is 21.6 Å². The Kier molecular flexibility index (Phi) is 6.11. The molecule has 1 aliphatic heterocycles. The average molecular weight is 470 g/mol. The molecule has 4 rings (SSSR count). The molecule has 3 aromatic heterocycles. The fraction of sp³-hybridized carbons (Fsp3) is 0.435. The number of fused-ring (bicyclic) bond motifs is 1. The molecule has 3 aromatic rings. The molecule has 11 heteroatoms. The zero-order valence-corrected chi connectivity index (χ0v) is 19.6. The van der Waals surface area contributed by atoms with Gasteiger partial charge in [-0.05, 0) is 46.1 Å². The number of piperidine rings is 1. The minimum atomic E-state index is -0.595. The van der Waals surface area contributed by atoms with Crippen molar-refractivity contribution in [3.05, 3.63) is 41.7 Å². The van der Waals surface area contributed by atoms with Crippen LogP contribution in [0.5, 0.6) is 0 Å². The number of aromatic nitrogens is 4. The summed E-state index contributed by atoms with van der Waals surface area (Å²) < 4.78 is 20.2. The number of anilines is 3. The predicted octanol–water partition coefficient (Wildman–Crippen LogP) is 2.96. The Hall–Kier alpha value is -3.76. The summed E-state index contributed by atoms with van der Waals surface area (Å²) in [5.41, 5.74) is 7.81. The lowest BCUT2D eigenvalue weighted by molar-refractivity contribution is -0.160. The number of aryl methyl sites for hydroxylation is 1. The Bertz CT molecular complexity index is 1240. The molecule has 180 valence electrons. The van der Waals surface area contributed by atoms with E-state index < -0.39 is 17.3 Å². The molecule has 1 aliphatic rings. The SMILES string of the molecule is Cc1cncc(NC(=O)c2c(N)nn3cc(F)cnc23)c1N1CCC(C(=O)OC(C)(C)C)CC1. The third-order valence-corrected chi connectivity index (χ3v) is 5.60. The fourth-order valence-electron chi connectivity index (χ4n) is 4.13. The first-order valence-corrected chi connectivity index (χ1v) is 11.1. The third kappa shape index (κ3) is 4.78. The minimum Gasteiger partial charge on any atom is -0.460 e. The van der Waals surface area contributed by atoms with E-state index in [0.29, 0.717) is 31.6 Å². The number of hydrogen-bond acceptors (Lipinski definition) is 8. The molecule has 4 heterocycles. The number of nitrogens with zero attached hydrogens (tertiary/aromatic N) is 5. The molecule has 1 amide bonds. The van der Waals surface area contributed by atoms with Crippen LogP contribution in [-0.4, -0.2) is 50.1 Å². The number of carbonyl (C=O) groups excluding carboxylic acids is 2. The number of rotatable bonds is 4. The summed E-state index contributed by atoms with van der Waals surface area (Å²) in [4.78, 5) is 35.9. The van der Waals surface area contributed by atoms with Gasteiger partial charge in [0.1, 0.15) is 11.2 Å². The molecular weight excluding hydrogens is 441 g/mol. The molecule has 0 atom stereocenters. The number of nitrogens with one attached hydrogen (secondary N) is 1. The molecule has 0 radical (unpaired) electrons. The second kappa shape index (κ2) is 8.88. The standard InChI is InChI=1S/C23H28FN7O3/c1-13-9-26-11-16(18(13)30-7-5-14(6-8-30)22(33)34-23(2,3)4)28-21(32)17-19(25)29-31-12-15(24)10-27-20(17)31/h9-12,14H,5-8H2,1-4H3,(H2,25,29)(H,28,32). The fourth-order valence-corrected chi connectivity index (χ4v) is 4.13. The zero-order chi connectivity index (χ0) is 24.6. The van der Waals surface area contributed by atoms with E-state index in [1.807, 2.05) is 27.7 Å². The summed E-state index contributed by atoms with van der Waals surface area (Å²) in [6.45, 7) is 8.73. The van der Waals surface area contributed by atoms with E-state index in [9.17, 15) is 14.0 Å². The molecule has 1 saturated heterocycles. The monoisotopic (exact) mass is 469 g/mol. The number of ether oxygens (including phenoxy) is 1. The van der Waals surface area contributed by atoms with Gasteiger partial charge in [0.2, 0.25) is 0 Å². The Morgan fingerprint density at radius 3 is 2.59 bits per heavy atom. The highest BCUT2D eigenvalue weighted by Crippen LogP contribution is 2.33. The van der Waals surface area contributed by atoms with E-state index >= 15 is 0 Å². The molecule has 10 nitrogen and oxygen atoms in total. The molecule has 0 aliphatic carbocycles. The highest BCUT2D eigenvalue weighted by Gasteiger charge is 2.31. The normalized spacial score (nSPS) is 14.9.